The maximum Gasteiger partial charge on any atom is 0.124 e. The molecule has 0 aromatic heterocycles. The van der Waals surface area contributed by atoms with Crippen LogP contribution in [0.2, 0.25) is 0 Å². The monoisotopic (exact) mass is 233 g/mol. The van der Waals surface area contributed by atoms with Crippen LogP contribution in [0.25, 0.3) is 0 Å². The first-order valence-corrected chi connectivity index (χ1v) is 6.16. The molecule has 17 heavy (non-hydrogen) atoms. The van der Waals surface area contributed by atoms with Gasteiger partial charge in [-0.15, -0.1) is 0 Å². The molecular weight excluding hydrogens is 210 g/mol. The maximum absolute atomic E-state index is 7.67. The van der Waals surface area contributed by atoms with Crippen molar-refractivity contribution in [2.24, 2.45) is 11.7 Å². The van der Waals surface area contributed by atoms with Crippen LogP contribution in [0.5, 0.6) is 0 Å². The number of aryl methyl sites for hydroxylation is 1. The summed E-state index contributed by atoms with van der Waals surface area (Å²) in [5.74, 6) is 0.736. The van der Waals surface area contributed by atoms with E-state index < -0.39 is 0 Å². The molecule has 1 aromatic rings. The van der Waals surface area contributed by atoms with E-state index in [4.69, 9.17) is 11.1 Å². The van der Waals surface area contributed by atoms with E-state index in [1.54, 1.807) is 0 Å². The molecule has 1 rings (SSSR count). The molecular formula is C14H23N3. The molecule has 0 fully saturated rings. The molecule has 0 heterocycles. The van der Waals surface area contributed by atoms with Gasteiger partial charge in [-0.3, -0.25) is 5.41 Å². The SMILES string of the molecule is CCN(CC(C)C)c1c(C)cccc1C(=N)N. The van der Waals surface area contributed by atoms with E-state index in [1.165, 1.54) is 5.56 Å². The summed E-state index contributed by atoms with van der Waals surface area (Å²) in [4.78, 5) is 2.30. The van der Waals surface area contributed by atoms with Crippen LogP contribution in [0.3, 0.4) is 0 Å². The molecule has 3 heteroatoms. The molecule has 0 bridgehead atoms. The average molecular weight is 233 g/mol. The number of para-hydroxylation sites is 1. The third-order valence-corrected chi connectivity index (χ3v) is 2.81. The highest BCUT2D eigenvalue weighted by Gasteiger charge is 2.15. The van der Waals surface area contributed by atoms with Crippen LogP contribution in [0.1, 0.15) is 31.9 Å². The van der Waals surface area contributed by atoms with Crippen molar-refractivity contribution in [3.8, 4) is 0 Å². The van der Waals surface area contributed by atoms with Crippen LogP contribution >= 0.6 is 0 Å². The number of nitrogens with two attached hydrogens (primary N) is 1. The maximum atomic E-state index is 7.67. The fourth-order valence-electron chi connectivity index (χ4n) is 2.12. The van der Waals surface area contributed by atoms with E-state index in [1.807, 2.05) is 12.1 Å². The Kier molecular flexibility index (Phi) is 4.55. The first-order valence-electron chi connectivity index (χ1n) is 6.16. The first-order chi connectivity index (χ1) is 7.97. The smallest absolute Gasteiger partial charge is 0.124 e. The molecule has 0 unspecified atom stereocenters. The van der Waals surface area contributed by atoms with Crippen LogP contribution in [0.4, 0.5) is 5.69 Å². The van der Waals surface area contributed by atoms with Crippen molar-refractivity contribution in [3.05, 3.63) is 29.3 Å². The van der Waals surface area contributed by atoms with Gasteiger partial charge in [-0.2, -0.15) is 0 Å². The predicted octanol–water partition coefficient (Wildman–Crippen LogP) is 2.76. The molecule has 0 aliphatic heterocycles. The summed E-state index contributed by atoms with van der Waals surface area (Å²) in [5.41, 5.74) is 8.79. The Bertz CT molecular complexity index is 396. The van der Waals surface area contributed by atoms with E-state index in [0.717, 1.165) is 24.3 Å². The van der Waals surface area contributed by atoms with Crippen molar-refractivity contribution in [3.63, 3.8) is 0 Å². The molecule has 3 nitrogen and oxygen atoms in total. The quantitative estimate of drug-likeness (QED) is 0.607. The topological polar surface area (TPSA) is 53.1 Å². The molecule has 0 radical (unpaired) electrons. The predicted molar refractivity (Wildman–Crippen MR) is 74.9 cm³/mol. The second kappa shape index (κ2) is 5.71. The van der Waals surface area contributed by atoms with Gasteiger partial charge >= 0.3 is 0 Å². The standard InChI is InChI=1S/C14H23N3/c1-5-17(9-10(2)3)13-11(4)7-6-8-12(13)14(15)16/h6-8,10H,5,9H2,1-4H3,(H3,15,16). The molecule has 0 saturated carbocycles. The zero-order valence-electron chi connectivity index (χ0n) is 11.2. The lowest BCUT2D eigenvalue weighted by Gasteiger charge is -2.28. The number of rotatable bonds is 5. The Morgan fingerprint density at radius 3 is 2.53 bits per heavy atom. The third-order valence-electron chi connectivity index (χ3n) is 2.81. The number of amidine groups is 1. The fraction of sp³-hybridized carbons (Fsp3) is 0.500. The summed E-state index contributed by atoms with van der Waals surface area (Å²) in [5, 5.41) is 7.67. The molecule has 0 spiro atoms. The van der Waals surface area contributed by atoms with E-state index in [2.05, 4.69) is 38.7 Å². The van der Waals surface area contributed by atoms with E-state index in [0.29, 0.717) is 5.92 Å². The summed E-state index contributed by atoms with van der Waals surface area (Å²) >= 11 is 0. The van der Waals surface area contributed by atoms with Gasteiger partial charge in [0.05, 0.1) is 5.69 Å². The Morgan fingerprint density at radius 1 is 1.41 bits per heavy atom. The minimum Gasteiger partial charge on any atom is -0.384 e. The third kappa shape index (κ3) is 3.22. The summed E-state index contributed by atoms with van der Waals surface area (Å²) in [6.07, 6.45) is 0. The van der Waals surface area contributed by atoms with Gasteiger partial charge in [-0.1, -0.05) is 26.0 Å². The van der Waals surface area contributed by atoms with Crippen LogP contribution < -0.4 is 10.6 Å². The molecule has 0 atom stereocenters. The lowest BCUT2D eigenvalue weighted by Crippen LogP contribution is -2.30. The van der Waals surface area contributed by atoms with Crippen LogP contribution in [-0.2, 0) is 0 Å². The minimum absolute atomic E-state index is 0.144. The Balaban J connectivity index is 3.21. The van der Waals surface area contributed by atoms with E-state index in [9.17, 15) is 0 Å². The Morgan fingerprint density at radius 2 is 2.06 bits per heavy atom. The highest BCUT2D eigenvalue weighted by Crippen LogP contribution is 2.25. The van der Waals surface area contributed by atoms with Gasteiger partial charge < -0.3 is 10.6 Å². The summed E-state index contributed by atoms with van der Waals surface area (Å²) in [7, 11) is 0. The van der Waals surface area contributed by atoms with Crippen LogP contribution in [0.15, 0.2) is 18.2 Å². The second-order valence-electron chi connectivity index (χ2n) is 4.82. The lowest BCUT2D eigenvalue weighted by molar-refractivity contribution is 0.618. The number of hydrogen-bond acceptors (Lipinski definition) is 2. The van der Waals surface area contributed by atoms with E-state index in [-0.39, 0.29) is 5.84 Å². The number of nitrogen functional groups attached to an aromatic ring is 1. The van der Waals surface area contributed by atoms with Crippen molar-refractivity contribution in [1.82, 2.24) is 0 Å². The minimum atomic E-state index is 0.144. The summed E-state index contributed by atoms with van der Waals surface area (Å²) < 4.78 is 0. The molecule has 0 saturated heterocycles. The second-order valence-corrected chi connectivity index (χ2v) is 4.82. The van der Waals surface area contributed by atoms with Gasteiger partial charge in [-0.25, -0.2) is 0 Å². The molecule has 1 aromatic carbocycles. The molecule has 0 aliphatic carbocycles. The summed E-state index contributed by atoms with van der Waals surface area (Å²) in [6, 6.07) is 5.96. The zero-order valence-corrected chi connectivity index (χ0v) is 11.2. The first kappa shape index (κ1) is 13.6. The van der Waals surface area contributed by atoms with Gasteiger partial charge in [0.2, 0.25) is 0 Å². The van der Waals surface area contributed by atoms with Gasteiger partial charge in [0.15, 0.2) is 0 Å². The number of nitrogens with zero attached hydrogens (tertiary/aromatic N) is 1. The fourth-order valence-corrected chi connectivity index (χ4v) is 2.12. The number of nitrogens with one attached hydrogen (secondary N) is 1. The van der Waals surface area contributed by atoms with Crippen LogP contribution in [0, 0.1) is 18.3 Å². The van der Waals surface area contributed by atoms with Gasteiger partial charge in [0, 0.05) is 18.7 Å². The van der Waals surface area contributed by atoms with Crippen molar-refractivity contribution >= 4 is 11.5 Å². The normalized spacial score (nSPS) is 10.6. The zero-order chi connectivity index (χ0) is 13.0. The Labute approximate surface area is 104 Å². The lowest BCUT2D eigenvalue weighted by atomic mass is 10.0. The van der Waals surface area contributed by atoms with Crippen molar-refractivity contribution in [2.45, 2.75) is 27.7 Å². The van der Waals surface area contributed by atoms with Crippen molar-refractivity contribution in [1.29, 1.82) is 5.41 Å². The van der Waals surface area contributed by atoms with Crippen molar-refractivity contribution in [2.75, 3.05) is 18.0 Å². The van der Waals surface area contributed by atoms with Gasteiger partial charge in [0.25, 0.3) is 0 Å². The molecule has 0 aliphatic rings. The van der Waals surface area contributed by atoms with E-state index >= 15 is 0 Å². The molecule has 3 N–H and O–H groups in total. The number of benzene rings is 1. The number of anilines is 1. The highest BCUT2D eigenvalue weighted by atomic mass is 15.1. The summed E-state index contributed by atoms with van der Waals surface area (Å²) in [6.45, 7) is 10.5. The van der Waals surface area contributed by atoms with Crippen molar-refractivity contribution < 1.29 is 0 Å². The Hall–Kier alpha value is -1.51. The molecule has 94 valence electrons. The largest absolute Gasteiger partial charge is 0.384 e. The average Bonchev–Trinajstić information content (AvgIpc) is 2.25. The van der Waals surface area contributed by atoms with Gasteiger partial charge in [-0.05, 0) is 31.4 Å². The highest BCUT2D eigenvalue weighted by molar-refractivity contribution is 6.01. The van der Waals surface area contributed by atoms with Gasteiger partial charge in [0.1, 0.15) is 5.84 Å². The number of hydrogen-bond donors (Lipinski definition) is 2. The molecule has 0 amide bonds. The van der Waals surface area contributed by atoms with Crippen LogP contribution in [-0.4, -0.2) is 18.9 Å².